The van der Waals surface area contributed by atoms with E-state index < -0.39 is 5.97 Å². The van der Waals surface area contributed by atoms with E-state index >= 15 is 0 Å². The smallest absolute Gasteiger partial charge is 0.337 e. The average molecular weight is 284 g/mol. The zero-order chi connectivity index (χ0) is 15.6. The van der Waals surface area contributed by atoms with Gasteiger partial charge in [0, 0.05) is 0 Å². The van der Waals surface area contributed by atoms with Crippen molar-refractivity contribution in [2.45, 2.75) is 13.8 Å². The molecule has 0 unspecified atom stereocenters. The molecule has 0 heterocycles. The van der Waals surface area contributed by atoms with Crippen LogP contribution in [-0.4, -0.2) is 24.2 Å². The summed E-state index contributed by atoms with van der Waals surface area (Å²) >= 11 is 0. The van der Waals surface area contributed by atoms with Crippen molar-refractivity contribution in [2.24, 2.45) is 0 Å². The van der Waals surface area contributed by atoms with Gasteiger partial charge in [0.25, 0.3) is 0 Å². The van der Waals surface area contributed by atoms with Crippen LogP contribution in [-0.2, 0) is 4.74 Å². The van der Waals surface area contributed by atoms with Gasteiger partial charge in [0.1, 0.15) is 0 Å². The molecule has 0 bridgehead atoms. The van der Waals surface area contributed by atoms with Crippen LogP contribution in [0, 0.1) is 13.8 Å². The molecule has 0 saturated carbocycles. The molecule has 4 nitrogen and oxygen atoms in total. The quantitative estimate of drug-likeness (QED) is 0.877. The molecule has 0 atom stereocenters. The van der Waals surface area contributed by atoms with Crippen molar-refractivity contribution in [1.82, 2.24) is 0 Å². The second kappa shape index (κ2) is 5.79. The summed E-state index contributed by atoms with van der Waals surface area (Å²) < 4.78 is 4.70. The topological polar surface area (TPSA) is 63.6 Å². The van der Waals surface area contributed by atoms with Crippen LogP contribution in [0.2, 0.25) is 0 Å². The highest BCUT2D eigenvalue weighted by molar-refractivity contribution is 5.91. The third-order valence-corrected chi connectivity index (χ3v) is 3.41. The molecule has 0 radical (unpaired) electrons. The monoisotopic (exact) mass is 284 g/mol. The fraction of sp³-hybridized carbons (Fsp3) is 0.176. The lowest BCUT2D eigenvalue weighted by atomic mass is 9.94. The molecule has 0 aliphatic carbocycles. The minimum Gasteiger partial charge on any atom is -0.478 e. The Morgan fingerprint density at radius 1 is 0.905 bits per heavy atom. The van der Waals surface area contributed by atoms with Gasteiger partial charge in [-0.2, -0.15) is 0 Å². The molecule has 2 aromatic rings. The van der Waals surface area contributed by atoms with E-state index in [2.05, 4.69) is 0 Å². The predicted molar refractivity (Wildman–Crippen MR) is 79.7 cm³/mol. The number of esters is 1. The maximum absolute atomic E-state index is 11.5. The number of aromatic carboxylic acids is 1. The van der Waals surface area contributed by atoms with Crippen molar-refractivity contribution in [2.75, 3.05) is 7.11 Å². The van der Waals surface area contributed by atoms with E-state index in [4.69, 9.17) is 9.84 Å². The average Bonchev–Trinajstić information content (AvgIpc) is 2.46. The van der Waals surface area contributed by atoms with Gasteiger partial charge in [-0.05, 0) is 60.4 Å². The normalized spacial score (nSPS) is 10.2. The number of benzene rings is 2. The first-order chi connectivity index (χ1) is 9.93. The van der Waals surface area contributed by atoms with Crippen molar-refractivity contribution in [1.29, 1.82) is 0 Å². The molecule has 2 rings (SSSR count). The molecule has 0 spiro atoms. The summed E-state index contributed by atoms with van der Waals surface area (Å²) in [6, 6.07) is 10.3. The molecule has 4 heteroatoms. The first kappa shape index (κ1) is 14.8. The van der Waals surface area contributed by atoms with E-state index in [0.717, 1.165) is 22.3 Å². The molecule has 0 fully saturated rings. The van der Waals surface area contributed by atoms with Crippen molar-refractivity contribution in [3.8, 4) is 11.1 Å². The minimum absolute atomic E-state index is 0.264. The SMILES string of the molecule is COC(=O)c1ccc(-c2ccc(C(=O)O)cc2C)c(C)c1. The molecule has 21 heavy (non-hydrogen) atoms. The molecule has 1 N–H and O–H groups in total. The van der Waals surface area contributed by atoms with E-state index in [1.54, 1.807) is 30.3 Å². The fourth-order valence-corrected chi connectivity index (χ4v) is 2.31. The molecular formula is C17H16O4. The Kier molecular flexibility index (Phi) is 4.08. The molecule has 2 aromatic carbocycles. The van der Waals surface area contributed by atoms with E-state index in [1.165, 1.54) is 7.11 Å². The van der Waals surface area contributed by atoms with Crippen LogP contribution in [0.1, 0.15) is 31.8 Å². The molecule has 0 amide bonds. The number of ether oxygens (including phenoxy) is 1. The van der Waals surface area contributed by atoms with Gasteiger partial charge in [-0.25, -0.2) is 9.59 Å². The van der Waals surface area contributed by atoms with Gasteiger partial charge < -0.3 is 9.84 Å². The summed E-state index contributed by atoms with van der Waals surface area (Å²) in [5, 5.41) is 9.00. The lowest BCUT2D eigenvalue weighted by Gasteiger charge is -2.11. The van der Waals surface area contributed by atoms with E-state index in [9.17, 15) is 9.59 Å². The number of rotatable bonds is 3. The summed E-state index contributed by atoms with van der Waals surface area (Å²) in [6.45, 7) is 3.78. The highest BCUT2D eigenvalue weighted by atomic mass is 16.5. The number of carboxylic acids is 1. The highest BCUT2D eigenvalue weighted by Gasteiger charge is 2.11. The molecular weight excluding hydrogens is 268 g/mol. The van der Waals surface area contributed by atoms with Gasteiger partial charge in [0.2, 0.25) is 0 Å². The number of methoxy groups -OCH3 is 1. The van der Waals surface area contributed by atoms with Crippen molar-refractivity contribution in [3.63, 3.8) is 0 Å². The van der Waals surface area contributed by atoms with E-state index in [1.807, 2.05) is 19.9 Å². The Bertz CT molecular complexity index is 717. The lowest BCUT2D eigenvalue weighted by Crippen LogP contribution is -2.02. The van der Waals surface area contributed by atoms with Crippen molar-refractivity contribution >= 4 is 11.9 Å². The molecule has 0 aliphatic rings. The molecule has 108 valence electrons. The summed E-state index contributed by atoms with van der Waals surface area (Å²) in [5.74, 6) is -1.31. The number of hydrogen-bond acceptors (Lipinski definition) is 3. The molecule has 0 aliphatic heterocycles. The van der Waals surface area contributed by atoms with Crippen LogP contribution >= 0.6 is 0 Å². The van der Waals surface area contributed by atoms with E-state index in [-0.39, 0.29) is 11.5 Å². The van der Waals surface area contributed by atoms with Crippen LogP contribution < -0.4 is 0 Å². The number of hydrogen-bond donors (Lipinski definition) is 1. The summed E-state index contributed by atoms with van der Waals surface area (Å²) in [5.41, 5.74) is 4.50. The van der Waals surface area contributed by atoms with Gasteiger partial charge in [-0.3, -0.25) is 0 Å². The predicted octanol–water partition coefficient (Wildman–Crippen LogP) is 3.46. The second-order valence-electron chi connectivity index (χ2n) is 4.86. The third kappa shape index (κ3) is 2.94. The minimum atomic E-state index is -0.942. The Hall–Kier alpha value is -2.62. The van der Waals surface area contributed by atoms with E-state index in [0.29, 0.717) is 5.56 Å². The van der Waals surface area contributed by atoms with Gasteiger partial charge >= 0.3 is 11.9 Å². The maximum Gasteiger partial charge on any atom is 0.337 e. The number of carbonyl (C=O) groups excluding carboxylic acids is 1. The first-order valence-corrected chi connectivity index (χ1v) is 6.47. The Morgan fingerprint density at radius 2 is 1.38 bits per heavy atom. The standard InChI is InChI=1S/C17H16O4/c1-10-8-12(16(18)19)4-6-14(10)15-7-5-13(9-11(15)2)17(20)21-3/h4-9H,1-3H3,(H,18,19). The van der Waals surface area contributed by atoms with Crippen LogP contribution in [0.15, 0.2) is 36.4 Å². The second-order valence-corrected chi connectivity index (χ2v) is 4.86. The highest BCUT2D eigenvalue weighted by Crippen LogP contribution is 2.28. The Morgan fingerprint density at radius 3 is 1.81 bits per heavy atom. The third-order valence-electron chi connectivity index (χ3n) is 3.41. The summed E-state index contributed by atoms with van der Waals surface area (Å²) in [7, 11) is 1.35. The van der Waals surface area contributed by atoms with Crippen LogP contribution in [0.5, 0.6) is 0 Å². The largest absolute Gasteiger partial charge is 0.478 e. The number of aryl methyl sites for hydroxylation is 2. The van der Waals surface area contributed by atoms with Gasteiger partial charge in [-0.15, -0.1) is 0 Å². The summed E-state index contributed by atoms with van der Waals surface area (Å²) in [6.07, 6.45) is 0. The van der Waals surface area contributed by atoms with Gasteiger partial charge in [0.15, 0.2) is 0 Å². The Labute approximate surface area is 123 Å². The van der Waals surface area contributed by atoms with Crippen LogP contribution in [0.4, 0.5) is 0 Å². The van der Waals surface area contributed by atoms with Crippen molar-refractivity contribution < 1.29 is 19.4 Å². The maximum atomic E-state index is 11.5. The lowest BCUT2D eigenvalue weighted by molar-refractivity contribution is 0.0599. The number of carboxylic acid groups (broad SMARTS) is 1. The summed E-state index contributed by atoms with van der Waals surface area (Å²) in [4.78, 5) is 22.5. The zero-order valence-electron chi connectivity index (χ0n) is 12.1. The van der Waals surface area contributed by atoms with Gasteiger partial charge in [-0.1, -0.05) is 12.1 Å². The Balaban J connectivity index is 2.47. The molecule has 0 aromatic heterocycles. The fourth-order valence-electron chi connectivity index (χ4n) is 2.31. The molecule has 0 saturated heterocycles. The van der Waals surface area contributed by atoms with Gasteiger partial charge in [0.05, 0.1) is 18.2 Å². The van der Waals surface area contributed by atoms with Crippen LogP contribution in [0.25, 0.3) is 11.1 Å². The zero-order valence-corrected chi connectivity index (χ0v) is 12.1. The first-order valence-electron chi connectivity index (χ1n) is 6.47. The number of carbonyl (C=O) groups is 2. The van der Waals surface area contributed by atoms with Crippen molar-refractivity contribution in [3.05, 3.63) is 58.7 Å². The van der Waals surface area contributed by atoms with Crippen LogP contribution in [0.3, 0.4) is 0 Å².